The van der Waals surface area contributed by atoms with Crippen molar-refractivity contribution in [2.45, 2.75) is 6.92 Å². The number of hydrogen-bond donors (Lipinski definition) is 0. The number of carbonyl (C=O) groups is 2. The van der Waals surface area contributed by atoms with Crippen LogP contribution in [0.1, 0.15) is 6.92 Å². The smallest absolute Gasteiger partial charge is 0.315 e. The zero-order valence-corrected chi connectivity index (χ0v) is 6.70. The summed E-state index contributed by atoms with van der Waals surface area (Å²) in [5.74, 6) is -1.18. The van der Waals surface area contributed by atoms with Crippen molar-refractivity contribution in [1.29, 1.82) is 0 Å². The van der Waals surface area contributed by atoms with Crippen LogP contribution in [0.5, 0.6) is 0 Å². The van der Waals surface area contributed by atoms with Crippen LogP contribution in [0.4, 0.5) is 0 Å². The molecule has 0 aromatic rings. The average molecular weight is 160 g/mol. The first-order valence-corrected chi connectivity index (χ1v) is 3.33. The third-order valence-corrected chi connectivity index (χ3v) is 1.11. The van der Waals surface area contributed by atoms with Crippen molar-refractivity contribution in [2.24, 2.45) is 5.92 Å². The Morgan fingerprint density at radius 1 is 1.55 bits per heavy atom. The largest absolute Gasteiger partial charge is 0.463 e. The summed E-state index contributed by atoms with van der Waals surface area (Å²) in [6, 6.07) is 0. The maximum Gasteiger partial charge on any atom is 0.315 e. The monoisotopic (exact) mass is 160 g/mol. The Kier molecular flexibility index (Phi) is 5.37. The lowest BCUT2D eigenvalue weighted by atomic mass is 10.2. The highest BCUT2D eigenvalue weighted by atomic mass is 16.6. The molecule has 0 rings (SSSR count). The van der Waals surface area contributed by atoms with Crippen LogP contribution < -0.4 is 0 Å². The SMILES string of the molecule is COCCOC(=O)C(C)C=O. The topological polar surface area (TPSA) is 52.6 Å². The van der Waals surface area contributed by atoms with Gasteiger partial charge in [-0.05, 0) is 6.92 Å². The van der Waals surface area contributed by atoms with Crippen LogP contribution in [0.15, 0.2) is 0 Å². The van der Waals surface area contributed by atoms with E-state index in [9.17, 15) is 9.59 Å². The minimum absolute atomic E-state index is 0.202. The highest BCUT2D eigenvalue weighted by Gasteiger charge is 2.11. The first-order chi connectivity index (χ1) is 5.22. The van der Waals surface area contributed by atoms with Crippen molar-refractivity contribution >= 4 is 12.3 Å². The molecule has 1 atom stereocenters. The summed E-state index contributed by atoms with van der Waals surface area (Å²) < 4.78 is 9.28. The molecule has 4 nitrogen and oxygen atoms in total. The second-order valence-corrected chi connectivity index (χ2v) is 2.09. The number of esters is 1. The molecule has 0 aliphatic heterocycles. The van der Waals surface area contributed by atoms with E-state index in [1.165, 1.54) is 14.0 Å². The number of ether oxygens (including phenoxy) is 2. The van der Waals surface area contributed by atoms with Gasteiger partial charge in [0.1, 0.15) is 18.8 Å². The van der Waals surface area contributed by atoms with E-state index in [1.807, 2.05) is 0 Å². The Bertz CT molecular complexity index is 132. The normalized spacial score (nSPS) is 12.2. The van der Waals surface area contributed by atoms with Crippen molar-refractivity contribution in [1.82, 2.24) is 0 Å². The van der Waals surface area contributed by atoms with Gasteiger partial charge in [-0.2, -0.15) is 0 Å². The number of carbonyl (C=O) groups excluding carboxylic acids is 2. The van der Waals surface area contributed by atoms with Crippen LogP contribution in [0, 0.1) is 5.92 Å². The van der Waals surface area contributed by atoms with E-state index in [4.69, 9.17) is 0 Å². The summed E-state index contributed by atoms with van der Waals surface area (Å²) in [5.41, 5.74) is 0. The van der Waals surface area contributed by atoms with Crippen LogP contribution in [0.3, 0.4) is 0 Å². The molecule has 0 saturated heterocycles. The number of rotatable bonds is 5. The molecule has 11 heavy (non-hydrogen) atoms. The Labute approximate surface area is 65.5 Å². The molecule has 0 fully saturated rings. The lowest BCUT2D eigenvalue weighted by Gasteiger charge is -2.04. The number of aldehydes is 1. The zero-order valence-electron chi connectivity index (χ0n) is 6.70. The maximum atomic E-state index is 10.7. The summed E-state index contributed by atoms with van der Waals surface area (Å²) >= 11 is 0. The summed E-state index contributed by atoms with van der Waals surface area (Å²) in [4.78, 5) is 20.8. The van der Waals surface area contributed by atoms with Crippen molar-refractivity contribution in [3.05, 3.63) is 0 Å². The van der Waals surface area contributed by atoms with Gasteiger partial charge in [-0.3, -0.25) is 4.79 Å². The first kappa shape index (κ1) is 10.1. The van der Waals surface area contributed by atoms with Crippen molar-refractivity contribution in [2.75, 3.05) is 20.3 Å². The molecule has 0 aromatic carbocycles. The second kappa shape index (κ2) is 5.85. The van der Waals surface area contributed by atoms with Crippen LogP contribution >= 0.6 is 0 Å². The van der Waals surface area contributed by atoms with Crippen LogP contribution in [-0.2, 0) is 19.1 Å². The third-order valence-electron chi connectivity index (χ3n) is 1.11. The van der Waals surface area contributed by atoms with E-state index < -0.39 is 11.9 Å². The van der Waals surface area contributed by atoms with Gasteiger partial charge in [0.15, 0.2) is 0 Å². The van der Waals surface area contributed by atoms with Gasteiger partial charge in [0, 0.05) is 7.11 Å². The van der Waals surface area contributed by atoms with Crippen LogP contribution in [0.25, 0.3) is 0 Å². The molecule has 64 valence electrons. The third kappa shape index (κ3) is 4.50. The Morgan fingerprint density at radius 2 is 2.18 bits per heavy atom. The molecular formula is C7H12O4. The molecule has 4 heteroatoms. The molecule has 0 heterocycles. The van der Waals surface area contributed by atoms with E-state index in [-0.39, 0.29) is 6.61 Å². The molecule has 0 saturated carbocycles. The van der Waals surface area contributed by atoms with Gasteiger partial charge in [-0.25, -0.2) is 0 Å². The highest BCUT2D eigenvalue weighted by molar-refractivity contribution is 5.87. The maximum absolute atomic E-state index is 10.7. The molecule has 0 aliphatic carbocycles. The van der Waals surface area contributed by atoms with E-state index in [0.29, 0.717) is 12.9 Å². The molecular weight excluding hydrogens is 148 g/mol. The molecule has 0 N–H and O–H groups in total. The molecule has 1 unspecified atom stereocenters. The molecule has 0 radical (unpaired) electrons. The van der Waals surface area contributed by atoms with Gasteiger partial charge in [0.2, 0.25) is 0 Å². The van der Waals surface area contributed by atoms with E-state index in [1.54, 1.807) is 0 Å². The fraction of sp³-hybridized carbons (Fsp3) is 0.714. The highest BCUT2D eigenvalue weighted by Crippen LogP contribution is 1.92. The molecule has 0 amide bonds. The zero-order chi connectivity index (χ0) is 8.69. The average Bonchev–Trinajstić information content (AvgIpc) is 2.03. The Balaban J connectivity index is 3.44. The van der Waals surface area contributed by atoms with Gasteiger partial charge >= 0.3 is 5.97 Å². The van der Waals surface area contributed by atoms with Gasteiger partial charge in [0.25, 0.3) is 0 Å². The fourth-order valence-electron chi connectivity index (χ4n) is 0.413. The molecule has 0 aliphatic rings. The molecule has 0 bridgehead atoms. The quantitative estimate of drug-likeness (QED) is 0.246. The van der Waals surface area contributed by atoms with Gasteiger partial charge in [-0.15, -0.1) is 0 Å². The minimum atomic E-state index is -0.674. The van der Waals surface area contributed by atoms with Crippen molar-refractivity contribution < 1.29 is 19.1 Å². The lowest BCUT2D eigenvalue weighted by molar-refractivity contribution is -0.150. The van der Waals surface area contributed by atoms with E-state index in [2.05, 4.69) is 9.47 Å². The predicted molar refractivity (Wildman–Crippen MR) is 38.1 cm³/mol. The summed E-state index contributed by atoms with van der Waals surface area (Å²) in [6.07, 6.45) is 0.551. The second-order valence-electron chi connectivity index (χ2n) is 2.09. The van der Waals surface area contributed by atoms with Crippen molar-refractivity contribution in [3.63, 3.8) is 0 Å². The van der Waals surface area contributed by atoms with E-state index in [0.717, 1.165) is 0 Å². The Hall–Kier alpha value is -0.900. The van der Waals surface area contributed by atoms with Crippen LogP contribution in [0.2, 0.25) is 0 Å². The lowest BCUT2D eigenvalue weighted by Crippen LogP contribution is -2.17. The molecule has 0 aromatic heterocycles. The Morgan fingerprint density at radius 3 is 2.64 bits per heavy atom. The van der Waals surface area contributed by atoms with E-state index >= 15 is 0 Å². The predicted octanol–water partition coefficient (Wildman–Crippen LogP) is 0.0110. The van der Waals surface area contributed by atoms with Gasteiger partial charge in [-0.1, -0.05) is 0 Å². The summed E-state index contributed by atoms with van der Waals surface area (Å²) in [6.45, 7) is 2.05. The summed E-state index contributed by atoms with van der Waals surface area (Å²) in [5, 5.41) is 0. The number of methoxy groups -OCH3 is 1. The summed E-state index contributed by atoms with van der Waals surface area (Å²) in [7, 11) is 1.51. The van der Waals surface area contributed by atoms with Gasteiger partial charge in [0.05, 0.1) is 6.61 Å². The minimum Gasteiger partial charge on any atom is -0.463 e. The fourth-order valence-corrected chi connectivity index (χ4v) is 0.413. The number of hydrogen-bond acceptors (Lipinski definition) is 4. The van der Waals surface area contributed by atoms with Crippen LogP contribution in [-0.4, -0.2) is 32.6 Å². The molecule has 0 spiro atoms. The first-order valence-electron chi connectivity index (χ1n) is 3.33. The van der Waals surface area contributed by atoms with Crippen molar-refractivity contribution in [3.8, 4) is 0 Å². The van der Waals surface area contributed by atoms with Gasteiger partial charge < -0.3 is 14.3 Å². The standard InChI is InChI=1S/C7H12O4/c1-6(5-8)7(9)11-4-3-10-2/h5-6H,3-4H2,1-2H3.